The van der Waals surface area contributed by atoms with Crippen molar-refractivity contribution >= 4 is 58.6 Å². The van der Waals surface area contributed by atoms with Crippen molar-refractivity contribution in [1.29, 1.82) is 0 Å². The molecule has 4 fully saturated rings. The molecule has 72 heavy (non-hydrogen) atoms. The fourth-order valence-electron chi connectivity index (χ4n) is 12.2. The zero-order valence-electron chi connectivity index (χ0n) is 43.0. The van der Waals surface area contributed by atoms with Gasteiger partial charge in [-0.3, -0.25) is 9.59 Å². The number of H-pyrrole nitrogens is 2. The van der Waals surface area contributed by atoms with Gasteiger partial charge in [-0.05, 0) is 111 Å². The number of imidazole rings is 2. The Kier molecular flexibility index (Phi) is 14.9. The lowest BCUT2D eigenvalue weighted by Crippen LogP contribution is -2.51. The van der Waals surface area contributed by atoms with E-state index in [1.54, 1.807) is 9.80 Å². The lowest BCUT2D eigenvalue weighted by Gasteiger charge is -2.38. The summed E-state index contributed by atoms with van der Waals surface area (Å²) < 4.78 is 43.0. The van der Waals surface area contributed by atoms with E-state index in [0.717, 1.165) is 65.8 Å². The molecule has 388 valence electrons. The first-order valence-electron chi connectivity index (χ1n) is 26.1. The van der Waals surface area contributed by atoms with Crippen LogP contribution in [0.2, 0.25) is 0 Å². The van der Waals surface area contributed by atoms with Gasteiger partial charge in [0.05, 0.1) is 54.1 Å². The Labute approximate surface area is 420 Å². The molecule has 5 aliphatic rings. The molecule has 4 N–H and O–H groups in total. The number of amides is 4. The van der Waals surface area contributed by atoms with Gasteiger partial charge in [0.25, 0.3) is 0 Å². The minimum absolute atomic E-state index is 0.0328. The second-order valence-electron chi connectivity index (χ2n) is 21.6. The molecule has 0 bridgehead atoms. The molecule has 7 atom stereocenters. The summed E-state index contributed by atoms with van der Waals surface area (Å²) in [5.41, 5.74) is 3.00. The fraction of sp³-hybridized carbons (Fsp3) is 0.593. The zero-order valence-corrected chi connectivity index (χ0v) is 43.0. The van der Waals surface area contributed by atoms with Crippen molar-refractivity contribution in [3.05, 3.63) is 69.9 Å². The van der Waals surface area contributed by atoms with Crippen molar-refractivity contribution in [1.82, 2.24) is 40.4 Å². The van der Waals surface area contributed by atoms with Crippen LogP contribution in [0.25, 0.3) is 23.2 Å². The van der Waals surface area contributed by atoms with Crippen molar-refractivity contribution in [2.45, 2.75) is 136 Å². The molecule has 4 amide bonds. The molecule has 0 saturated carbocycles. The topological polar surface area (TPSA) is 181 Å². The van der Waals surface area contributed by atoms with Crippen LogP contribution in [0.5, 0.6) is 0 Å². The van der Waals surface area contributed by atoms with Crippen LogP contribution in [-0.2, 0) is 19.1 Å². The van der Waals surface area contributed by atoms with Crippen molar-refractivity contribution < 1.29 is 37.4 Å². The average molecular weight is 995 g/mol. The van der Waals surface area contributed by atoms with Crippen molar-refractivity contribution in [3.63, 3.8) is 0 Å². The van der Waals surface area contributed by atoms with Crippen LogP contribution < -0.4 is 31.1 Å². The molecule has 1 aliphatic carbocycles. The zero-order chi connectivity index (χ0) is 51.1. The Morgan fingerprint density at radius 1 is 0.708 bits per heavy atom. The third-order valence-electron chi connectivity index (χ3n) is 16.2. The Bertz CT molecular complexity index is 2760. The van der Waals surface area contributed by atoms with Crippen molar-refractivity contribution in [2.75, 3.05) is 50.2 Å². The molecule has 4 aromatic rings. The summed E-state index contributed by atoms with van der Waals surface area (Å²) in [5.74, 6) is 0.483. The Morgan fingerprint density at radius 3 is 1.85 bits per heavy atom. The van der Waals surface area contributed by atoms with E-state index in [0.29, 0.717) is 74.6 Å². The Balaban J connectivity index is 1.03. The molecule has 0 spiro atoms. The highest BCUT2D eigenvalue weighted by molar-refractivity contribution is 5.87. The third kappa shape index (κ3) is 9.98. The van der Waals surface area contributed by atoms with E-state index in [-0.39, 0.29) is 59.4 Å². The minimum atomic E-state index is -0.758. The molecule has 18 heteroatoms. The number of hydrogen-bond donors (Lipinski definition) is 4. The molecule has 2 aromatic carbocycles. The SMILES string of the molecule is COC(=O)N[C@H](C(=O)N1CCC[C@H]1c1nc2c([nH]1)=CCC([C@H]1CC[C@H](c3ccc4[nH]c([C@@H]5CCCN5C(=O)[C@@H](NC(=O)OC)C(C)C)nc4c3)N1c1cc(F)c(N3CCC(C(C)C)CC3)c(F)c1)C=2)C(C)C. The van der Waals surface area contributed by atoms with Crippen molar-refractivity contribution in [3.8, 4) is 0 Å². The average Bonchev–Trinajstić information content (AvgIpc) is 4.22. The third-order valence-corrected chi connectivity index (χ3v) is 16.2. The van der Waals surface area contributed by atoms with E-state index in [1.807, 2.05) is 38.7 Å². The number of piperidine rings is 1. The summed E-state index contributed by atoms with van der Waals surface area (Å²) in [6.45, 7) is 14.2. The highest BCUT2D eigenvalue weighted by Crippen LogP contribution is 2.46. The normalized spacial score (nSPS) is 23.4. The minimum Gasteiger partial charge on any atom is -0.453 e. The lowest BCUT2D eigenvalue weighted by atomic mass is 9.86. The quantitative estimate of drug-likeness (QED) is 0.105. The highest BCUT2D eigenvalue weighted by Gasteiger charge is 2.42. The molecule has 16 nitrogen and oxygen atoms in total. The number of benzene rings is 2. The molecule has 6 heterocycles. The maximum absolute atomic E-state index is 16.7. The van der Waals surface area contributed by atoms with Gasteiger partial charge in [-0.25, -0.2) is 28.3 Å². The number of carbonyl (C=O) groups is 4. The smallest absolute Gasteiger partial charge is 0.407 e. The molecule has 4 saturated heterocycles. The number of carbonyl (C=O) groups excluding carboxylic acids is 4. The van der Waals surface area contributed by atoms with Gasteiger partial charge in [-0.15, -0.1) is 0 Å². The van der Waals surface area contributed by atoms with E-state index >= 15 is 8.78 Å². The summed E-state index contributed by atoms with van der Waals surface area (Å²) in [7, 11) is 2.56. The second-order valence-corrected chi connectivity index (χ2v) is 21.6. The number of alkyl carbamates (subject to hydrolysis) is 2. The summed E-state index contributed by atoms with van der Waals surface area (Å²) in [6.07, 6.45) is 9.91. The number of aromatic nitrogens is 4. The van der Waals surface area contributed by atoms with Gasteiger partial charge in [-0.1, -0.05) is 59.8 Å². The van der Waals surface area contributed by atoms with Crippen LogP contribution >= 0.6 is 0 Å². The number of methoxy groups -OCH3 is 2. The predicted molar refractivity (Wildman–Crippen MR) is 271 cm³/mol. The van der Waals surface area contributed by atoms with Crippen LogP contribution in [0.1, 0.15) is 135 Å². The van der Waals surface area contributed by atoms with Crippen LogP contribution in [0.15, 0.2) is 30.3 Å². The van der Waals surface area contributed by atoms with Gasteiger partial charge < -0.3 is 49.7 Å². The van der Waals surface area contributed by atoms with Crippen LogP contribution in [-0.4, -0.2) is 112 Å². The van der Waals surface area contributed by atoms with Gasteiger partial charge in [0.1, 0.15) is 29.4 Å². The van der Waals surface area contributed by atoms with E-state index < -0.39 is 35.9 Å². The number of anilines is 2. The lowest BCUT2D eigenvalue weighted by molar-refractivity contribution is -0.136. The molecule has 2 aromatic heterocycles. The van der Waals surface area contributed by atoms with Gasteiger partial charge in [0.2, 0.25) is 11.8 Å². The molecule has 9 rings (SSSR count). The van der Waals surface area contributed by atoms with E-state index in [1.165, 1.54) is 26.4 Å². The number of ether oxygens (including phenoxy) is 2. The number of halogens is 2. The van der Waals surface area contributed by atoms with Gasteiger partial charge >= 0.3 is 12.2 Å². The number of hydrogen-bond acceptors (Lipinski definition) is 10. The first kappa shape index (κ1) is 50.7. The summed E-state index contributed by atoms with van der Waals surface area (Å²) >= 11 is 0. The van der Waals surface area contributed by atoms with Crippen LogP contribution in [0, 0.1) is 41.2 Å². The number of rotatable bonds is 13. The molecule has 0 radical (unpaired) electrons. The first-order valence-corrected chi connectivity index (χ1v) is 26.1. The molecular formula is C54H72F2N10O6. The van der Waals surface area contributed by atoms with E-state index in [9.17, 15) is 19.2 Å². The largest absolute Gasteiger partial charge is 0.453 e. The number of likely N-dealkylation sites (tertiary alicyclic amines) is 2. The summed E-state index contributed by atoms with van der Waals surface area (Å²) in [5, 5.41) is 7.09. The van der Waals surface area contributed by atoms with Gasteiger partial charge in [0.15, 0.2) is 11.6 Å². The number of aromatic amines is 2. The monoisotopic (exact) mass is 995 g/mol. The number of nitrogens with one attached hydrogen (secondary N) is 4. The first-order chi connectivity index (χ1) is 34.5. The molecular weight excluding hydrogens is 923 g/mol. The summed E-state index contributed by atoms with van der Waals surface area (Å²) in [4.78, 5) is 77.2. The second kappa shape index (κ2) is 21.1. The molecule has 4 aliphatic heterocycles. The fourth-order valence-corrected chi connectivity index (χ4v) is 12.2. The molecule has 1 unspecified atom stereocenters. The van der Waals surface area contributed by atoms with Gasteiger partial charge in [0, 0.05) is 43.8 Å². The maximum Gasteiger partial charge on any atom is 0.407 e. The van der Waals surface area contributed by atoms with Crippen molar-refractivity contribution in [2.24, 2.45) is 29.6 Å². The Hall–Kier alpha value is -6.20. The number of fused-ring (bicyclic) bond motifs is 2. The van der Waals surface area contributed by atoms with Crippen LogP contribution in [0.4, 0.5) is 29.7 Å². The van der Waals surface area contributed by atoms with Crippen LogP contribution in [0.3, 0.4) is 0 Å². The highest BCUT2D eigenvalue weighted by atomic mass is 19.1. The number of nitrogens with zero attached hydrogens (tertiary/aromatic N) is 6. The van der Waals surface area contributed by atoms with E-state index in [4.69, 9.17) is 19.4 Å². The van der Waals surface area contributed by atoms with E-state index in [2.05, 4.69) is 63.6 Å². The Morgan fingerprint density at radius 2 is 1.29 bits per heavy atom. The maximum atomic E-state index is 16.7. The van der Waals surface area contributed by atoms with Gasteiger partial charge in [-0.2, -0.15) is 0 Å². The summed E-state index contributed by atoms with van der Waals surface area (Å²) in [6, 6.07) is 6.63. The predicted octanol–water partition coefficient (Wildman–Crippen LogP) is 7.52. The standard InChI is InChI=1S/C54H72F2N10O6/c1-29(2)32-19-23-63(24-20-32)48-36(55)27-35(28-37(48)56)66-42(33-13-15-38-40(25-33)59-49(57-38)44-11-9-21-64(44)51(67)46(30(3)4)61-53(69)71-7)17-18-43(66)34-14-16-39-41(26-34)60-50(58-39)45-12-10-22-65(45)52(68)47(31(5)6)62-54(70)72-8/h13,15-16,25-32,34,42-47H,9-12,14,17-24H2,1-8H3,(H,57,59)(H,58,60)(H,61,69)(H,62,70)/t34?,42-,43-,44+,45+,46+,47+/m1/s1.